The summed E-state index contributed by atoms with van der Waals surface area (Å²) in [7, 11) is 0. The fraction of sp³-hybridized carbons (Fsp3) is 0.412. The van der Waals surface area contributed by atoms with Gasteiger partial charge in [0.1, 0.15) is 23.9 Å². The molecule has 0 atom stereocenters. The van der Waals surface area contributed by atoms with Crippen molar-refractivity contribution in [2.75, 3.05) is 0 Å². The second-order valence-electron chi connectivity index (χ2n) is 5.53. The summed E-state index contributed by atoms with van der Waals surface area (Å²) >= 11 is 6.01. The molecule has 4 heteroatoms. The first-order chi connectivity index (χ1) is 9.95. The zero-order valence-electron chi connectivity index (χ0n) is 13.0. The van der Waals surface area contributed by atoms with Crippen LogP contribution in [-0.2, 0) is 13.2 Å². The van der Waals surface area contributed by atoms with Gasteiger partial charge in [0, 0.05) is 16.6 Å². The van der Waals surface area contributed by atoms with E-state index in [1.54, 1.807) is 0 Å². The van der Waals surface area contributed by atoms with E-state index in [-0.39, 0.29) is 0 Å². The minimum atomic E-state index is 0.437. The molecule has 0 aliphatic carbocycles. The van der Waals surface area contributed by atoms with E-state index in [1.165, 1.54) is 0 Å². The van der Waals surface area contributed by atoms with E-state index in [0.717, 1.165) is 40.0 Å². The first-order valence-electron chi connectivity index (χ1n) is 7.16. The lowest BCUT2D eigenvalue weighted by molar-refractivity contribution is 0.302. The highest BCUT2D eigenvalue weighted by Gasteiger charge is 2.09. The maximum atomic E-state index is 6.01. The molecule has 1 aromatic carbocycles. The Hall–Kier alpha value is -1.45. The Bertz CT molecular complexity index is 605. The van der Waals surface area contributed by atoms with Crippen molar-refractivity contribution < 1.29 is 9.15 Å². The van der Waals surface area contributed by atoms with Crippen molar-refractivity contribution in [2.24, 2.45) is 0 Å². The molecule has 1 aromatic heterocycles. The zero-order valence-corrected chi connectivity index (χ0v) is 13.8. The molecule has 0 spiro atoms. The number of hydrogen-bond donors (Lipinski definition) is 1. The van der Waals surface area contributed by atoms with Crippen LogP contribution in [0.15, 0.2) is 28.7 Å². The number of rotatable bonds is 6. The van der Waals surface area contributed by atoms with Crippen LogP contribution in [0.4, 0.5) is 0 Å². The number of ether oxygens (including phenoxy) is 1. The number of halogens is 1. The number of aryl methyl sites for hydroxylation is 2. The Labute approximate surface area is 131 Å². The van der Waals surface area contributed by atoms with E-state index >= 15 is 0 Å². The maximum Gasteiger partial charge on any atom is 0.120 e. The second kappa shape index (κ2) is 7.01. The molecule has 2 aromatic rings. The van der Waals surface area contributed by atoms with Crippen LogP contribution in [-0.4, -0.2) is 6.04 Å². The molecule has 1 N–H and O–H groups in total. The predicted octanol–water partition coefficient (Wildman–Crippen LogP) is 4.63. The summed E-state index contributed by atoms with van der Waals surface area (Å²) in [5.41, 5.74) is 2.09. The molecule has 0 saturated heterocycles. The molecule has 0 aliphatic heterocycles. The minimum Gasteiger partial charge on any atom is -0.489 e. The Morgan fingerprint density at radius 1 is 1.24 bits per heavy atom. The Balaban J connectivity index is 1.97. The molecule has 1 heterocycles. The fourth-order valence-corrected chi connectivity index (χ4v) is 2.11. The van der Waals surface area contributed by atoms with Crippen molar-refractivity contribution in [3.05, 3.63) is 51.9 Å². The highest BCUT2D eigenvalue weighted by atomic mass is 35.5. The lowest BCUT2D eigenvalue weighted by Crippen LogP contribution is -2.21. The third-order valence-corrected chi connectivity index (χ3v) is 3.70. The maximum absolute atomic E-state index is 6.01. The van der Waals surface area contributed by atoms with Gasteiger partial charge < -0.3 is 14.5 Å². The van der Waals surface area contributed by atoms with Crippen molar-refractivity contribution in [3.8, 4) is 5.75 Å². The van der Waals surface area contributed by atoms with E-state index < -0.39 is 0 Å². The van der Waals surface area contributed by atoms with Gasteiger partial charge in [-0.15, -0.1) is 0 Å². The average Bonchev–Trinajstić information content (AvgIpc) is 2.78. The Morgan fingerprint density at radius 2 is 2.00 bits per heavy atom. The van der Waals surface area contributed by atoms with Gasteiger partial charge in [0.2, 0.25) is 0 Å². The quantitative estimate of drug-likeness (QED) is 0.845. The highest BCUT2D eigenvalue weighted by Crippen LogP contribution is 2.23. The largest absolute Gasteiger partial charge is 0.489 e. The summed E-state index contributed by atoms with van der Waals surface area (Å²) in [5.74, 6) is 2.66. The van der Waals surface area contributed by atoms with Crippen molar-refractivity contribution in [3.63, 3.8) is 0 Å². The summed E-state index contributed by atoms with van der Waals surface area (Å²) < 4.78 is 11.5. The van der Waals surface area contributed by atoms with Gasteiger partial charge in [-0.1, -0.05) is 25.4 Å². The molecule has 0 amide bonds. The van der Waals surface area contributed by atoms with Crippen molar-refractivity contribution in [1.29, 1.82) is 0 Å². The summed E-state index contributed by atoms with van der Waals surface area (Å²) in [6, 6.07) is 8.16. The topological polar surface area (TPSA) is 34.4 Å². The number of benzene rings is 1. The van der Waals surface area contributed by atoms with Crippen LogP contribution in [0, 0.1) is 13.8 Å². The molecule has 0 radical (unpaired) electrons. The normalized spacial score (nSPS) is 11.1. The Kier molecular flexibility index (Phi) is 5.32. The minimum absolute atomic E-state index is 0.437. The summed E-state index contributed by atoms with van der Waals surface area (Å²) in [4.78, 5) is 0. The van der Waals surface area contributed by atoms with Crippen LogP contribution in [0.2, 0.25) is 5.02 Å². The first-order valence-corrected chi connectivity index (χ1v) is 7.54. The molecule has 0 unspecified atom stereocenters. The van der Waals surface area contributed by atoms with Crippen molar-refractivity contribution >= 4 is 11.6 Å². The third-order valence-electron chi connectivity index (χ3n) is 3.28. The van der Waals surface area contributed by atoms with Gasteiger partial charge >= 0.3 is 0 Å². The molecule has 0 fully saturated rings. The third kappa shape index (κ3) is 4.51. The molecular formula is C17H22ClNO2. The Morgan fingerprint density at radius 3 is 2.67 bits per heavy atom. The van der Waals surface area contributed by atoms with E-state index in [0.29, 0.717) is 12.6 Å². The van der Waals surface area contributed by atoms with Gasteiger partial charge in [0.05, 0.1) is 6.54 Å². The summed E-state index contributed by atoms with van der Waals surface area (Å²) in [6.07, 6.45) is 0. The molecule has 114 valence electrons. The standard InChI is InChI=1S/C17H22ClNO2/c1-11(2)19-9-16-8-14(13(4)21-16)10-20-15-5-6-17(18)12(3)7-15/h5-8,11,19H,9-10H2,1-4H3. The molecule has 0 saturated carbocycles. The molecule has 21 heavy (non-hydrogen) atoms. The van der Waals surface area contributed by atoms with Gasteiger partial charge in [-0.3, -0.25) is 0 Å². The molecule has 2 rings (SSSR count). The van der Waals surface area contributed by atoms with Crippen LogP contribution in [0.3, 0.4) is 0 Å². The molecule has 3 nitrogen and oxygen atoms in total. The molecule has 0 bridgehead atoms. The van der Waals surface area contributed by atoms with Crippen LogP contribution in [0.25, 0.3) is 0 Å². The zero-order chi connectivity index (χ0) is 15.4. The van der Waals surface area contributed by atoms with Gasteiger partial charge in [0.15, 0.2) is 0 Å². The molecule has 0 aliphatic rings. The fourth-order valence-electron chi connectivity index (χ4n) is 1.99. The van der Waals surface area contributed by atoms with Crippen LogP contribution in [0.5, 0.6) is 5.75 Å². The van der Waals surface area contributed by atoms with E-state index in [1.807, 2.05) is 38.1 Å². The highest BCUT2D eigenvalue weighted by molar-refractivity contribution is 6.31. The van der Waals surface area contributed by atoms with Gasteiger partial charge in [-0.05, 0) is 43.7 Å². The van der Waals surface area contributed by atoms with Crippen LogP contribution >= 0.6 is 11.6 Å². The van der Waals surface area contributed by atoms with Crippen molar-refractivity contribution in [2.45, 2.75) is 46.9 Å². The van der Waals surface area contributed by atoms with Crippen LogP contribution in [0.1, 0.15) is 36.5 Å². The number of furan rings is 1. The SMILES string of the molecule is Cc1cc(OCc2cc(CNC(C)C)oc2C)ccc1Cl. The second-order valence-corrected chi connectivity index (χ2v) is 5.94. The molecular weight excluding hydrogens is 286 g/mol. The van der Waals surface area contributed by atoms with Gasteiger partial charge in [0.25, 0.3) is 0 Å². The van der Waals surface area contributed by atoms with Gasteiger partial charge in [-0.2, -0.15) is 0 Å². The first kappa shape index (κ1) is 15.9. The summed E-state index contributed by atoms with van der Waals surface area (Å²) in [6.45, 7) is 9.39. The monoisotopic (exact) mass is 307 g/mol. The van der Waals surface area contributed by atoms with E-state index in [2.05, 4.69) is 19.2 Å². The predicted molar refractivity (Wildman–Crippen MR) is 85.9 cm³/mol. The number of nitrogens with one attached hydrogen (secondary N) is 1. The van der Waals surface area contributed by atoms with Gasteiger partial charge in [-0.25, -0.2) is 0 Å². The van der Waals surface area contributed by atoms with E-state index in [9.17, 15) is 0 Å². The number of hydrogen-bond acceptors (Lipinski definition) is 3. The lowest BCUT2D eigenvalue weighted by Gasteiger charge is -2.07. The smallest absolute Gasteiger partial charge is 0.120 e. The average molecular weight is 308 g/mol. The van der Waals surface area contributed by atoms with Crippen LogP contribution < -0.4 is 10.1 Å². The van der Waals surface area contributed by atoms with E-state index in [4.69, 9.17) is 20.8 Å². The summed E-state index contributed by atoms with van der Waals surface area (Å²) in [5, 5.41) is 4.09. The lowest BCUT2D eigenvalue weighted by atomic mass is 10.2. The van der Waals surface area contributed by atoms with Crippen molar-refractivity contribution in [1.82, 2.24) is 5.32 Å².